The van der Waals surface area contributed by atoms with Crippen LogP contribution in [-0.2, 0) is 19.5 Å². The molecule has 9 heavy (non-hydrogen) atoms. The van der Waals surface area contributed by atoms with Gasteiger partial charge in [-0.3, -0.25) is 0 Å². The van der Waals surface area contributed by atoms with Gasteiger partial charge >= 0.3 is 0 Å². The Kier molecular flexibility index (Phi) is 22.8. The van der Waals surface area contributed by atoms with Gasteiger partial charge in [-0.1, -0.05) is 0 Å². The largest absolute Gasteiger partial charge is 0.0461 e. The van der Waals surface area contributed by atoms with Crippen molar-refractivity contribution in [3.05, 3.63) is 0 Å². The van der Waals surface area contributed by atoms with E-state index in [0.29, 0.717) is 0 Å². The second-order valence-corrected chi connectivity index (χ2v) is 9.00. The van der Waals surface area contributed by atoms with Crippen LogP contribution in [0.3, 0.4) is 0 Å². The van der Waals surface area contributed by atoms with Crippen LogP contribution in [0.4, 0.5) is 0 Å². The molecule has 0 aromatic heterocycles. The summed E-state index contributed by atoms with van der Waals surface area (Å²) in [5, 5.41) is 0. The minimum absolute atomic E-state index is 0. The molecular formula is C6H20P2Zn+2. The van der Waals surface area contributed by atoms with Crippen molar-refractivity contribution in [2.24, 2.45) is 0 Å². The molecule has 0 aliphatic carbocycles. The van der Waals surface area contributed by atoms with Gasteiger partial charge in [-0.2, -0.15) is 0 Å². The van der Waals surface area contributed by atoms with Crippen molar-refractivity contribution in [3.8, 4) is 0 Å². The third kappa shape index (κ3) is 241. The molecule has 0 bridgehead atoms. The first kappa shape index (κ1) is 16.8. The first-order chi connectivity index (χ1) is 3.46. The molecule has 0 saturated carbocycles. The van der Waals surface area contributed by atoms with E-state index in [1.807, 2.05) is 0 Å². The van der Waals surface area contributed by atoms with Gasteiger partial charge in [0.2, 0.25) is 0 Å². The van der Waals surface area contributed by atoms with Crippen LogP contribution in [0, 0.1) is 0 Å². The van der Waals surface area contributed by atoms with E-state index < -0.39 is 0 Å². The zero-order valence-corrected chi connectivity index (χ0v) is 12.7. The molecular weight excluding hydrogens is 199 g/mol. The average molecular weight is 220 g/mol. The molecule has 0 unspecified atom stereocenters. The molecule has 0 heterocycles. The number of hydrogen-bond acceptors (Lipinski definition) is 0. The van der Waals surface area contributed by atoms with Crippen molar-refractivity contribution in [2.45, 2.75) is 0 Å². The number of hydrogen-bond donors (Lipinski definition) is 0. The summed E-state index contributed by atoms with van der Waals surface area (Å²) in [5.41, 5.74) is 0. The Morgan fingerprint density at radius 2 is 0.556 bits per heavy atom. The maximum Gasteiger partial charge on any atom is 0.0461 e. The fraction of sp³-hybridized carbons (Fsp3) is 1.00. The third-order valence-electron chi connectivity index (χ3n) is 0. The molecule has 0 aliphatic heterocycles. The Hall–Kier alpha value is 1.48. The van der Waals surface area contributed by atoms with E-state index >= 15 is 0 Å². The standard InChI is InChI=1S/2C3H9P.Zn/c2*1-4(2)3;/h2*1-3H3;/p+2. The monoisotopic (exact) mass is 218 g/mol. The predicted octanol–water partition coefficient (Wildman–Crippen LogP) is 2.18. The van der Waals surface area contributed by atoms with E-state index in [2.05, 4.69) is 40.0 Å². The molecule has 0 N–H and O–H groups in total. The Labute approximate surface area is 75.5 Å². The summed E-state index contributed by atoms with van der Waals surface area (Å²) < 4.78 is 0. The first-order valence-corrected chi connectivity index (χ1v) is 9.00. The summed E-state index contributed by atoms with van der Waals surface area (Å²) in [5.74, 6) is 0. The van der Waals surface area contributed by atoms with Gasteiger partial charge in [0, 0.05) is 59.5 Å². The average Bonchev–Trinajstić information content (AvgIpc) is 1.25. The second kappa shape index (κ2) is 12.2. The summed E-state index contributed by atoms with van der Waals surface area (Å²) in [6.45, 7) is 13.6. The van der Waals surface area contributed by atoms with E-state index in [0.717, 1.165) is 0 Å². The van der Waals surface area contributed by atoms with Gasteiger partial charge in [0.1, 0.15) is 0 Å². The third-order valence-corrected chi connectivity index (χ3v) is 0. The van der Waals surface area contributed by atoms with Crippen molar-refractivity contribution in [3.63, 3.8) is 0 Å². The maximum atomic E-state index is 2.27. The molecule has 0 spiro atoms. The SMILES string of the molecule is C[PH+](C)C.C[PH+](C)C.[Zn]. The van der Waals surface area contributed by atoms with Crippen molar-refractivity contribution in [2.75, 3.05) is 40.0 Å². The van der Waals surface area contributed by atoms with Gasteiger partial charge in [0.25, 0.3) is 0 Å². The molecule has 0 aromatic carbocycles. The molecule has 54 valence electrons. The van der Waals surface area contributed by atoms with Crippen LogP contribution in [0.1, 0.15) is 0 Å². The van der Waals surface area contributed by atoms with Crippen molar-refractivity contribution >= 4 is 15.8 Å². The van der Waals surface area contributed by atoms with Crippen LogP contribution >= 0.6 is 15.8 Å². The van der Waals surface area contributed by atoms with Crippen LogP contribution in [0.5, 0.6) is 0 Å². The van der Waals surface area contributed by atoms with Gasteiger partial charge < -0.3 is 0 Å². The fourth-order valence-electron chi connectivity index (χ4n) is 0. The zero-order valence-electron chi connectivity index (χ0n) is 7.71. The van der Waals surface area contributed by atoms with Crippen LogP contribution in [0.2, 0.25) is 0 Å². The van der Waals surface area contributed by atoms with Crippen LogP contribution in [0.25, 0.3) is 0 Å². The van der Waals surface area contributed by atoms with E-state index in [1.54, 1.807) is 0 Å². The first-order valence-electron chi connectivity index (χ1n) is 3.00. The van der Waals surface area contributed by atoms with Crippen molar-refractivity contribution in [1.29, 1.82) is 0 Å². The molecule has 0 fully saturated rings. The Balaban J connectivity index is -0.0000000720. The van der Waals surface area contributed by atoms with Gasteiger partial charge in [-0.05, 0) is 15.8 Å². The number of rotatable bonds is 0. The maximum absolute atomic E-state index is 2.27. The fourth-order valence-corrected chi connectivity index (χ4v) is 0. The second-order valence-electron chi connectivity index (χ2n) is 3.00. The summed E-state index contributed by atoms with van der Waals surface area (Å²) in [7, 11) is 0.241. The van der Waals surface area contributed by atoms with E-state index in [4.69, 9.17) is 0 Å². The Morgan fingerprint density at radius 3 is 0.556 bits per heavy atom. The Morgan fingerprint density at radius 1 is 0.556 bits per heavy atom. The Bertz CT molecular complexity index is 26.5. The topological polar surface area (TPSA) is 0 Å². The molecule has 0 nitrogen and oxygen atoms in total. The summed E-state index contributed by atoms with van der Waals surface area (Å²) >= 11 is 0. The molecule has 0 atom stereocenters. The van der Waals surface area contributed by atoms with Crippen LogP contribution in [-0.4, -0.2) is 40.0 Å². The summed E-state index contributed by atoms with van der Waals surface area (Å²) in [6, 6.07) is 0. The van der Waals surface area contributed by atoms with Gasteiger partial charge in [0.15, 0.2) is 0 Å². The van der Waals surface area contributed by atoms with Gasteiger partial charge in [-0.15, -0.1) is 0 Å². The molecule has 0 aliphatic rings. The smallest absolute Gasteiger partial charge is 0.00840 e. The van der Waals surface area contributed by atoms with Crippen LogP contribution in [0.15, 0.2) is 0 Å². The van der Waals surface area contributed by atoms with E-state index in [1.165, 1.54) is 0 Å². The normalized spacial score (nSPS) is 8.00. The van der Waals surface area contributed by atoms with Gasteiger partial charge in [-0.25, -0.2) is 0 Å². The molecule has 0 radical (unpaired) electrons. The van der Waals surface area contributed by atoms with Crippen molar-refractivity contribution < 1.29 is 19.5 Å². The van der Waals surface area contributed by atoms with Gasteiger partial charge in [0.05, 0.1) is 0 Å². The van der Waals surface area contributed by atoms with Crippen LogP contribution < -0.4 is 0 Å². The molecule has 0 rings (SSSR count). The van der Waals surface area contributed by atoms with Crippen molar-refractivity contribution in [1.82, 2.24) is 0 Å². The van der Waals surface area contributed by atoms with E-state index in [9.17, 15) is 0 Å². The molecule has 3 heteroatoms. The minimum atomic E-state index is 0. The summed E-state index contributed by atoms with van der Waals surface area (Å²) in [6.07, 6.45) is 0. The molecule has 0 aromatic rings. The minimum Gasteiger partial charge on any atom is -0.00840 e. The molecule has 0 amide bonds. The zero-order chi connectivity index (χ0) is 7.15. The quantitative estimate of drug-likeness (QED) is 0.433. The molecule has 0 saturated heterocycles. The summed E-state index contributed by atoms with van der Waals surface area (Å²) in [4.78, 5) is 0. The van der Waals surface area contributed by atoms with E-state index in [-0.39, 0.29) is 35.3 Å². The predicted molar refractivity (Wildman–Crippen MR) is 52.2 cm³/mol.